The molecule has 19 heavy (non-hydrogen) atoms. The maximum atomic E-state index is 11.6. The summed E-state index contributed by atoms with van der Waals surface area (Å²) in [5, 5.41) is 7.15. The van der Waals surface area contributed by atoms with E-state index in [0.717, 1.165) is 29.6 Å². The highest BCUT2D eigenvalue weighted by Gasteiger charge is 2.22. The molecule has 1 fully saturated rings. The lowest BCUT2D eigenvalue weighted by molar-refractivity contribution is -0.120. The van der Waals surface area contributed by atoms with Crippen molar-refractivity contribution in [3.63, 3.8) is 0 Å². The summed E-state index contributed by atoms with van der Waals surface area (Å²) in [7, 11) is 0. The van der Waals surface area contributed by atoms with E-state index in [-0.39, 0.29) is 5.91 Å². The molecule has 1 amide bonds. The van der Waals surface area contributed by atoms with Crippen molar-refractivity contribution in [2.45, 2.75) is 25.3 Å². The standard InChI is InChI=1S/C14H16N4O/c19-13(18-10-5-6-10)7-8-15-14-11-3-1-2-4-12(11)16-9-17-14/h1-4,9-10H,5-8H2,(H,18,19)(H,15,16,17). The van der Waals surface area contributed by atoms with Crippen LogP contribution in [0.3, 0.4) is 0 Å². The van der Waals surface area contributed by atoms with Gasteiger partial charge in [-0.15, -0.1) is 0 Å². The lowest BCUT2D eigenvalue weighted by Gasteiger charge is -2.08. The molecule has 1 aliphatic carbocycles. The number of amides is 1. The summed E-state index contributed by atoms with van der Waals surface area (Å²) in [6, 6.07) is 8.25. The van der Waals surface area contributed by atoms with E-state index in [1.165, 1.54) is 6.33 Å². The van der Waals surface area contributed by atoms with Crippen LogP contribution in [0.4, 0.5) is 5.82 Å². The van der Waals surface area contributed by atoms with Gasteiger partial charge >= 0.3 is 0 Å². The average Bonchev–Trinajstić information content (AvgIpc) is 3.23. The van der Waals surface area contributed by atoms with Crippen LogP contribution in [0, 0.1) is 0 Å². The molecule has 0 atom stereocenters. The smallest absolute Gasteiger partial charge is 0.221 e. The minimum atomic E-state index is 0.105. The normalized spacial score (nSPS) is 14.3. The van der Waals surface area contributed by atoms with E-state index in [1.54, 1.807) is 0 Å². The summed E-state index contributed by atoms with van der Waals surface area (Å²) in [5.41, 5.74) is 0.905. The van der Waals surface area contributed by atoms with Crippen LogP contribution < -0.4 is 10.6 Å². The second-order valence-corrected chi connectivity index (χ2v) is 4.76. The molecule has 0 unspecified atom stereocenters. The number of carbonyl (C=O) groups excluding carboxylic acids is 1. The predicted molar refractivity (Wildman–Crippen MR) is 73.8 cm³/mol. The molecule has 5 heteroatoms. The average molecular weight is 256 g/mol. The molecule has 0 aliphatic heterocycles. The molecule has 2 aromatic rings. The molecule has 98 valence electrons. The Bertz CT molecular complexity index is 590. The van der Waals surface area contributed by atoms with Crippen LogP contribution in [0.5, 0.6) is 0 Å². The van der Waals surface area contributed by atoms with Crippen LogP contribution >= 0.6 is 0 Å². The number of aromatic nitrogens is 2. The largest absolute Gasteiger partial charge is 0.369 e. The summed E-state index contributed by atoms with van der Waals surface area (Å²) in [6.45, 7) is 0.583. The van der Waals surface area contributed by atoms with Crippen molar-refractivity contribution < 1.29 is 4.79 Å². The van der Waals surface area contributed by atoms with E-state index < -0.39 is 0 Å². The van der Waals surface area contributed by atoms with Gasteiger partial charge in [0.15, 0.2) is 0 Å². The molecule has 1 saturated carbocycles. The zero-order valence-corrected chi connectivity index (χ0v) is 10.6. The Balaban J connectivity index is 1.60. The molecule has 0 saturated heterocycles. The van der Waals surface area contributed by atoms with Gasteiger partial charge in [0, 0.05) is 24.4 Å². The topological polar surface area (TPSA) is 66.9 Å². The summed E-state index contributed by atoms with van der Waals surface area (Å²) in [5.74, 6) is 0.887. The Labute approximate surface area is 111 Å². The number of anilines is 1. The van der Waals surface area contributed by atoms with E-state index >= 15 is 0 Å². The van der Waals surface area contributed by atoms with Gasteiger partial charge < -0.3 is 10.6 Å². The zero-order chi connectivity index (χ0) is 13.1. The van der Waals surface area contributed by atoms with Gasteiger partial charge in [-0.05, 0) is 25.0 Å². The van der Waals surface area contributed by atoms with E-state index in [2.05, 4.69) is 20.6 Å². The molecule has 1 aromatic heterocycles. The maximum absolute atomic E-state index is 11.6. The molecular weight excluding hydrogens is 240 g/mol. The molecule has 1 aromatic carbocycles. The van der Waals surface area contributed by atoms with Gasteiger partial charge in [-0.25, -0.2) is 9.97 Å². The highest BCUT2D eigenvalue weighted by Crippen LogP contribution is 2.19. The van der Waals surface area contributed by atoms with E-state index in [0.29, 0.717) is 19.0 Å². The molecule has 0 spiro atoms. The number of carbonyl (C=O) groups is 1. The van der Waals surface area contributed by atoms with Crippen molar-refractivity contribution in [1.29, 1.82) is 0 Å². The fraction of sp³-hybridized carbons (Fsp3) is 0.357. The minimum Gasteiger partial charge on any atom is -0.369 e. The van der Waals surface area contributed by atoms with Gasteiger partial charge in [-0.1, -0.05) is 12.1 Å². The van der Waals surface area contributed by atoms with E-state index in [4.69, 9.17) is 0 Å². The Morgan fingerprint density at radius 2 is 2.11 bits per heavy atom. The third-order valence-corrected chi connectivity index (χ3v) is 3.13. The monoisotopic (exact) mass is 256 g/mol. The Morgan fingerprint density at radius 1 is 1.26 bits per heavy atom. The van der Waals surface area contributed by atoms with Crippen LogP contribution in [0.25, 0.3) is 10.9 Å². The lowest BCUT2D eigenvalue weighted by Crippen LogP contribution is -2.27. The minimum absolute atomic E-state index is 0.105. The van der Waals surface area contributed by atoms with Crippen molar-refractivity contribution in [2.24, 2.45) is 0 Å². The van der Waals surface area contributed by atoms with E-state index in [1.807, 2.05) is 24.3 Å². The van der Waals surface area contributed by atoms with Gasteiger partial charge in [0.1, 0.15) is 12.1 Å². The molecule has 1 heterocycles. The summed E-state index contributed by atoms with van der Waals surface area (Å²) in [6.07, 6.45) is 4.25. The van der Waals surface area contributed by atoms with Crippen LogP contribution in [0.15, 0.2) is 30.6 Å². The first kappa shape index (κ1) is 11.9. The zero-order valence-electron chi connectivity index (χ0n) is 10.6. The molecule has 0 bridgehead atoms. The highest BCUT2D eigenvalue weighted by atomic mass is 16.1. The number of hydrogen-bond acceptors (Lipinski definition) is 4. The van der Waals surface area contributed by atoms with Crippen LogP contribution in [-0.4, -0.2) is 28.5 Å². The second-order valence-electron chi connectivity index (χ2n) is 4.76. The van der Waals surface area contributed by atoms with Crippen molar-refractivity contribution in [2.75, 3.05) is 11.9 Å². The summed E-state index contributed by atoms with van der Waals surface area (Å²) >= 11 is 0. The number of benzene rings is 1. The summed E-state index contributed by atoms with van der Waals surface area (Å²) in [4.78, 5) is 20.0. The number of rotatable bonds is 5. The maximum Gasteiger partial charge on any atom is 0.221 e. The van der Waals surface area contributed by atoms with Gasteiger partial charge in [0.05, 0.1) is 5.52 Å². The van der Waals surface area contributed by atoms with Gasteiger partial charge in [0.2, 0.25) is 5.91 Å². The molecule has 3 rings (SSSR count). The van der Waals surface area contributed by atoms with Gasteiger partial charge in [-0.2, -0.15) is 0 Å². The predicted octanol–water partition coefficient (Wildman–Crippen LogP) is 1.71. The Morgan fingerprint density at radius 3 is 2.95 bits per heavy atom. The third kappa shape index (κ3) is 2.99. The number of nitrogens with zero attached hydrogens (tertiary/aromatic N) is 2. The first-order valence-electron chi connectivity index (χ1n) is 6.56. The van der Waals surface area contributed by atoms with Gasteiger partial charge in [-0.3, -0.25) is 4.79 Å². The van der Waals surface area contributed by atoms with Crippen molar-refractivity contribution in [3.8, 4) is 0 Å². The third-order valence-electron chi connectivity index (χ3n) is 3.13. The number of nitrogens with one attached hydrogen (secondary N) is 2. The quantitative estimate of drug-likeness (QED) is 0.854. The molecule has 2 N–H and O–H groups in total. The lowest BCUT2D eigenvalue weighted by atomic mass is 10.2. The Kier molecular flexibility index (Phi) is 3.27. The van der Waals surface area contributed by atoms with Crippen LogP contribution in [-0.2, 0) is 4.79 Å². The fourth-order valence-electron chi connectivity index (χ4n) is 1.97. The van der Waals surface area contributed by atoms with Crippen molar-refractivity contribution in [1.82, 2.24) is 15.3 Å². The van der Waals surface area contributed by atoms with Gasteiger partial charge in [0.25, 0.3) is 0 Å². The first-order chi connectivity index (χ1) is 9.33. The summed E-state index contributed by atoms with van der Waals surface area (Å²) < 4.78 is 0. The van der Waals surface area contributed by atoms with Crippen molar-refractivity contribution in [3.05, 3.63) is 30.6 Å². The SMILES string of the molecule is O=C(CCNc1ncnc2ccccc12)NC1CC1. The van der Waals surface area contributed by atoms with Crippen LogP contribution in [0.1, 0.15) is 19.3 Å². The molecule has 1 aliphatic rings. The van der Waals surface area contributed by atoms with Crippen LogP contribution in [0.2, 0.25) is 0 Å². The Hall–Kier alpha value is -2.17. The number of fused-ring (bicyclic) bond motifs is 1. The molecule has 5 nitrogen and oxygen atoms in total. The first-order valence-corrected chi connectivity index (χ1v) is 6.56. The number of hydrogen-bond donors (Lipinski definition) is 2. The van der Waals surface area contributed by atoms with Crippen molar-refractivity contribution >= 4 is 22.6 Å². The van der Waals surface area contributed by atoms with E-state index in [9.17, 15) is 4.79 Å². The molecule has 0 radical (unpaired) electrons. The number of para-hydroxylation sites is 1. The highest BCUT2D eigenvalue weighted by molar-refractivity contribution is 5.88. The molecular formula is C14H16N4O. The second kappa shape index (κ2) is 5.22. The fourth-order valence-corrected chi connectivity index (χ4v) is 1.97.